The molecule has 2 N–H and O–H groups in total. The second kappa shape index (κ2) is 3.77. The molecule has 1 fully saturated rings. The Morgan fingerprint density at radius 3 is 3.00 bits per heavy atom. The minimum absolute atomic E-state index is 0.0781. The molecule has 0 aromatic carbocycles. The molecule has 1 amide bonds. The molecule has 1 saturated carbocycles. The Labute approximate surface area is 82.3 Å². The Balaban J connectivity index is 1.87. The third-order valence-corrected chi connectivity index (χ3v) is 2.68. The average molecular weight is 194 g/mol. The molecule has 1 aliphatic rings. The molecule has 1 aliphatic carbocycles. The van der Waals surface area contributed by atoms with Crippen LogP contribution in [0.5, 0.6) is 0 Å². The van der Waals surface area contributed by atoms with Gasteiger partial charge in [-0.2, -0.15) is 5.10 Å². The van der Waals surface area contributed by atoms with E-state index in [0.717, 1.165) is 12.8 Å². The maximum atomic E-state index is 11.6. The quantitative estimate of drug-likeness (QED) is 0.747. The Hall–Kier alpha value is -1.39. The van der Waals surface area contributed by atoms with E-state index in [0.29, 0.717) is 5.82 Å². The number of hydrogen-bond donors (Lipinski definition) is 2. The zero-order chi connectivity index (χ0) is 9.97. The van der Waals surface area contributed by atoms with E-state index in [2.05, 4.69) is 20.5 Å². The zero-order valence-electron chi connectivity index (χ0n) is 8.16. The van der Waals surface area contributed by atoms with Crippen molar-refractivity contribution in [3.8, 4) is 0 Å². The first-order valence-corrected chi connectivity index (χ1v) is 4.93. The lowest BCUT2D eigenvalue weighted by atomic mass is 9.84. The first-order valence-electron chi connectivity index (χ1n) is 4.93. The van der Waals surface area contributed by atoms with Gasteiger partial charge < -0.3 is 5.32 Å². The summed E-state index contributed by atoms with van der Waals surface area (Å²) < 4.78 is 0. The Kier molecular flexibility index (Phi) is 2.47. The summed E-state index contributed by atoms with van der Waals surface area (Å²) in [6.07, 6.45) is 4.67. The fraction of sp³-hybridized carbons (Fsp3) is 0.667. The summed E-state index contributed by atoms with van der Waals surface area (Å²) in [5, 5.41) is 9.40. The highest BCUT2D eigenvalue weighted by Gasteiger charge is 2.26. The maximum absolute atomic E-state index is 11.6. The molecule has 0 spiro atoms. The number of rotatable bonds is 3. The second-order valence-corrected chi connectivity index (χ2v) is 3.73. The normalized spacial score (nSPS) is 18.6. The van der Waals surface area contributed by atoms with Gasteiger partial charge in [0.15, 0.2) is 0 Å². The van der Waals surface area contributed by atoms with E-state index < -0.39 is 0 Å². The van der Waals surface area contributed by atoms with Gasteiger partial charge in [-0.3, -0.25) is 9.89 Å². The predicted molar refractivity (Wildman–Crippen MR) is 50.3 cm³/mol. The lowest BCUT2D eigenvalue weighted by Crippen LogP contribution is -2.36. The van der Waals surface area contributed by atoms with Crippen molar-refractivity contribution in [3.63, 3.8) is 0 Å². The number of H-pyrrole nitrogens is 1. The molecule has 14 heavy (non-hydrogen) atoms. The molecule has 1 heterocycles. The Bertz CT molecular complexity index is 305. The van der Waals surface area contributed by atoms with Gasteiger partial charge in [-0.05, 0) is 19.8 Å². The van der Waals surface area contributed by atoms with Crippen LogP contribution in [-0.4, -0.2) is 21.1 Å². The van der Waals surface area contributed by atoms with Crippen molar-refractivity contribution >= 4 is 5.91 Å². The van der Waals surface area contributed by atoms with Crippen LogP contribution in [0.4, 0.5) is 0 Å². The summed E-state index contributed by atoms with van der Waals surface area (Å²) in [4.78, 5) is 15.5. The highest BCUT2D eigenvalue weighted by atomic mass is 16.2. The highest BCUT2D eigenvalue weighted by Crippen LogP contribution is 2.26. The lowest BCUT2D eigenvalue weighted by molar-refractivity contribution is -0.128. The van der Waals surface area contributed by atoms with E-state index in [1.165, 1.54) is 12.7 Å². The van der Waals surface area contributed by atoms with E-state index in [9.17, 15) is 4.79 Å². The molecule has 1 aromatic heterocycles. The molecule has 2 rings (SSSR count). The van der Waals surface area contributed by atoms with Crippen LogP contribution in [0.15, 0.2) is 6.33 Å². The van der Waals surface area contributed by atoms with Crippen molar-refractivity contribution in [2.24, 2.45) is 5.92 Å². The summed E-state index contributed by atoms with van der Waals surface area (Å²) in [5.41, 5.74) is 0. The number of nitrogens with zero attached hydrogens (tertiary/aromatic N) is 2. The van der Waals surface area contributed by atoms with Crippen LogP contribution in [0.2, 0.25) is 0 Å². The zero-order valence-corrected chi connectivity index (χ0v) is 8.16. The minimum atomic E-state index is -0.0781. The van der Waals surface area contributed by atoms with Gasteiger partial charge in [-0.15, -0.1) is 0 Å². The first-order chi connectivity index (χ1) is 6.77. The molecule has 5 heteroatoms. The number of aromatic amines is 1. The van der Waals surface area contributed by atoms with Crippen molar-refractivity contribution in [1.82, 2.24) is 20.5 Å². The molecule has 76 valence electrons. The van der Waals surface area contributed by atoms with Gasteiger partial charge in [0.25, 0.3) is 0 Å². The monoisotopic (exact) mass is 194 g/mol. The molecule has 0 saturated heterocycles. The molecule has 5 nitrogen and oxygen atoms in total. The number of carbonyl (C=O) groups excluding carboxylic acids is 1. The van der Waals surface area contributed by atoms with Crippen LogP contribution in [0.25, 0.3) is 0 Å². The fourth-order valence-electron chi connectivity index (χ4n) is 1.49. The molecular formula is C9H14N4O. The van der Waals surface area contributed by atoms with Crippen molar-refractivity contribution in [2.75, 3.05) is 0 Å². The van der Waals surface area contributed by atoms with Crippen LogP contribution >= 0.6 is 0 Å². The predicted octanol–water partition coefficient (Wildman–Crippen LogP) is 0.782. The molecule has 1 atom stereocenters. The summed E-state index contributed by atoms with van der Waals surface area (Å²) >= 11 is 0. The average Bonchev–Trinajstić information content (AvgIpc) is 2.51. The minimum Gasteiger partial charge on any atom is -0.346 e. The van der Waals surface area contributed by atoms with E-state index in [4.69, 9.17) is 0 Å². The lowest BCUT2D eigenvalue weighted by Gasteiger charge is -2.25. The number of nitrogens with one attached hydrogen (secondary N) is 2. The van der Waals surface area contributed by atoms with Crippen LogP contribution in [0.3, 0.4) is 0 Å². The van der Waals surface area contributed by atoms with Crippen molar-refractivity contribution in [1.29, 1.82) is 0 Å². The standard InChI is InChI=1S/C9H14N4O/c1-6(8-10-5-11-13-8)12-9(14)7-3-2-4-7/h5-7H,2-4H2,1H3,(H,12,14)(H,10,11,13). The van der Waals surface area contributed by atoms with E-state index >= 15 is 0 Å². The van der Waals surface area contributed by atoms with Gasteiger partial charge in [0.05, 0.1) is 6.04 Å². The molecule has 0 aliphatic heterocycles. The van der Waals surface area contributed by atoms with Gasteiger partial charge in [-0.1, -0.05) is 6.42 Å². The van der Waals surface area contributed by atoms with Gasteiger partial charge in [0.1, 0.15) is 12.2 Å². The summed E-state index contributed by atoms with van der Waals surface area (Å²) in [5.74, 6) is 1.07. The van der Waals surface area contributed by atoms with Crippen molar-refractivity contribution in [3.05, 3.63) is 12.2 Å². The first kappa shape index (κ1) is 9.18. The van der Waals surface area contributed by atoms with Gasteiger partial charge in [0.2, 0.25) is 5.91 Å². The van der Waals surface area contributed by atoms with Gasteiger partial charge in [-0.25, -0.2) is 4.98 Å². The van der Waals surface area contributed by atoms with E-state index in [-0.39, 0.29) is 17.9 Å². The largest absolute Gasteiger partial charge is 0.346 e. The molecule has 0 bridgehead atoms. The molecule has 1 aromatic rings. The summed E-state index contributed by atoms with van der Waals surface area (Å²) in [6.45, 7) is 1.90. The molecular weight excluding hydrogens is 180 g/mol. The third-order valence-electron chi connectivity index (χ3n) is 2.68. The third kappa shape index (κ3) is 1.76. The van der Waals surface area contributed by atoms with E-state index in [1.54, 1.807) is 0 Å². The van der Waals surface area contributed by atoms with Crippen LogP contribution in [0.1, 0.15) is 38.1 Å². The highest BCUT2D eigenvalue weighted by molar-refractivity contribution is 5.79. The molecule has 1 unspecified atom stereocenters. The van der Waals surface area contributed by atoms with Crippen molar-refractivity contribution < 1.29 is 4.79 Å². The van der Waals surface area contributed by atoms with Crippen molar-refractivity contribution in [2.45, 2.75) is 32.2 Å². The van der Waals surface area contributed by atoms with Gasteiger partial charge in [0, 0.05) is 5.92 Å². The smallest absolute Gasteiger partial charge is 0.223 e. The topological polar surface area (TPSA) is 70.7 Å². The summed E-state index contributed by atoms with van der Waals surface area (Å²) in [7, 11) is 0. The Morgan fingerprint density at radius 2 is 2.50 bits per heavy atom. The SMILES string of the molecule is CC(NC(=O)C1CCC1)c1ncn[nH]1. The number of carbonyl (C=O) groups is 1. The van der Waals surface area contributed by atoms with Crippen LogP contribution in [0, 0.1) is 5.92 Å². The summed E-state index contributed by atoms with van der Waals surface area (Å²) in [6, 6.07) is -0.0781. The van der Waals surface area contributed by atoms with Crippen LogP contribution in [-0.2, 0) is 4.79 Å². The number of hydrogen-bond acceptors (Lipinski definition) is 3. The fourth-order valence-corrected chi connectivity index (χ4v) is 1.49. The number of amides is 1. The van der Waals surface area contributed by atoms with Gasteiger partial charge >= 0.3 is 0 Å². The number of aromatic nitrogens is 3. The van der Waals surface area contributed by atoms with E-state index in [1.807, 2.05) is 6.92 Å². The Morgan fingerprint density at radius 1 is 1.71 bits per heavy atom. The second-order valence-electron chi connectivity index (χ2n) is 3.73. The maximum Gasteiger partial charge on any atom is 0.223 e. The van der Waals surface area contributed by atoms with Crippen LogP contribution < -0.4 is 5.32 Å². The molecule has 0 radical (unpaired) electrons.